The molecule has 0 radical (unpaired) electrons. The number of nitrogens with one attached hydrogen (secondary N) is 1. The zero-order valence-electron chi connectivity index (χ0n) is 14.8. The number of nitrogens with zero attached hydrogens (tertiary/aromatic N) is 1. The highest BCUT2D eigenvalue weighted by Crippen LogP contribution is 2.31. The minimum atomic E-state index is -3.33. The molecule has 7 nitrogen and oxygen atoms in total. The van der Waals surface area contributed by atoms with Crippen molar-refractivity contribution in [3.8, 4) is 0 Å². The van der Waals surface area contributed by atoms with Gasteiger partial charge in [-0.1, -0.05) is 19.3 Å². The maximum atomic E-state index is 12.6. The second-order valence-corrected chi connectivity index (χ2v) is 9.00. The van der Waals surface area contributed by atoms with Crippen LogP contribution < -0.4 is 9.62 Å². The van der Waals surface area contributed by atoms with Crippen LogP contribution in [0.1, 0.15) is 48.0 Å². The zero-order valence-corrected chi connectivity index (χ0v) is 15.6. The van der Waals surface area contributed by atoms with E-state index in [4.69, 9.17) is 0 Å². The molecular weight excluding hydrogens is 356 g/mol. The molecule has 0 aromatic heterocycles. The number of rotatable bonds is 4. The Morgan fingerprint density at radius 3 is 2.62 bits per heavy atom. The number of carboxylic acids is 1. The van der Waals surface area contributed by atoms with E-state index in [0.29, 0.717) is 37.1 Å². The van der Waals surface area contributed by atoms with E-state index in [0.717, 1.165) is 24.8 Å². The maximum Gasteiger partial charge on any atom is 0.308 e. The van der Waals surface area contributed by atoms with Crippen molar-refractivity contribution in [3.05, 3.63) is 29.3 Å². The van der Waals surface area contributed by atoms with Gasteiger partial charge >= 0.3 is 5.97 Å². The number of hydrogen-bond acceptors (Lipinski definition) is 4. The van der Waals surface area contributed by atoms with Crippen LogP contribution in [0, 0.1) is 5.92 Å². The second kappa shape index (κ2) is 7.26. The molecule has 1 amide bonds. The average molecular weight is 380 g/mol. The number of anilines is 1. The van der Waals surface area contributed by atoms with Crippen molar-refractivity contribution in [2.75, 3.05) is 17.1 Å². The minimum absolute atomic E-state index is 0.302. The molecule has 1 aliphatic heterocycles. The Kier molecular flexibility index (Phi) is 5.22. The molecule has 1 saturated carbocycles. The Labute approximate surface area is 153 Å². The molecule has 2 aliphatic rings. The van der Waals surface area contributed by atoms with Gasteiger partial charge in [0.05, 0.1) is 17.9 Å². The number of fused-ring (bicyclic) bond motifs is 1. The third-order valence-corrected chi connectivity index (χ3v) is 6.42. The normalized spacial score (nSPS) is 23.2. The molecule has 1 heterocycles. The predicted octanol–water partition coefficient (Wildman–Crippen LogP) is 1.77. The molecular formula is C18H24N2O5S. The van der Waals surface area contributed by atoms with Gasteiger partial charge in [0.15, 0.2) is 0 Å². The fourth-order valence-corrected chi connectivity index (χ4v) is 4.84. The SMILES string of the molecule is CS(=O)(=O)N1CCc2cc(C(=O)N[C@H]3CCCCC[C@H]3C(=O)O)ccc21. The molecule has 142 valence electrons. The fraction of sp³-hybridized carbons (Fsp3) is 0.556. The summed E-state index contributed by atoms with van der Waals surface area (Å²) in [5.41, 5.74) is 1.87. The van der Waals surface area contributed by atoms with Crippen molar-refractivity contribution >= 4 is 27.6 Å². The number of carbonyl (C=O) groups is 2. The third-order valence-electron chi connectivity index (χ3n) is 5.24. The summed E-state index contributed by atoms with van der Waals surface area (Å²) in [6.07, 6.45) is 5.72. The van der Waals surface area contributed by atoms with Crippen molar-refractivity contribution < 1.29 is 23.1 Å². The highest BCUT2D eigenvalue weighted by molar-refractivity contribution is 7.92. The summed E-state index contributed by atoms with van der Waals surface area (Å²) in [5, 5.41) is 12.3. The maximum absolute atomic E-state index is 12.6. The fourth-order valence-electron chi connectivity index (χ4n) is 3.88. The Balaban J connectivity index is 1.77. The Morgan fingerprint density at radius 1 is 1.19 bits per heavy atom. The van der Waals surface area contributed by atoms with E-state index in [-0.39, 0.29) is 11.9 Å². The van der Waals surface area contributed by atoms with Crippen LogP contribution in [0.3, 0.4) is 0 Å². The number of sulfonamides is 1. The van der Waals surface area contributed by atoms with Crippen molar-refractivity contribution in [2.45, 2.75) is 44.6 Å². The monoisotopic (exact) mass is 380 g/mol. The lowest BCUT2D eigenvalue weighted by Crippen LogP contribution is -2.42. The molecule has 2 atom stereocenters. The molecule has 1 aliphatic carbocycles. The lowest BCUT2D eigenvalue weighted by atomic mass is 9.94. The molecule has 0 spiro atoms. The Bertz CT molecular complexity index is 821. The van der Waals surface area contributed by atoms with E-state index < -0.39 is 21.9 Å². The molecule has 26 heavy (non-hydrogen) atoms. The van der Waals surface area contributed by atoms with Gasteiger partial charge in [0.2, 0.25) is 10.0 Å². The standard InChI is InChI=1S/C18H24N2O5S/c1-26(24,25)20-10-9-12-11-13(7-8-16(12)20)17(21)19-15-6-4-2-3-5-14(15)18(22)23/h7-8,11,14-15H,2-6,9-10H2,1H3,(H,19,21)(H,22,23)/t14-,15+/m1/s1. The number of hydrogen-bond donors (Lipinski definition) is 2. The first-order valence-corrected chi connectivity index (χ1v) is 10.8. The summed E-state index contributed by atoms with van der Waals surface area (Å²) < 4.78 is 24.9. The largest absolute Gasteiger partial charge is 0.481 e. The van der Waals surface area contributed by atoms with Crippen LogP contribution in [-0.2, 0) is 21.2 Å². The van der Waals surface area contributed by atoms with E-state index in [1.165, 1.54) is 10.6 Å². The lowest BCUT2D eigenvalue weighted by Gasteiger charge is -2.23. The number of carboxylic acid groups (broad SMARTS) is 1. The van der Waals surface area contributed by atoms with Gasteiger partial charge in [-0.05, 0) is 43.0 Å². The van der Waals surface area contributed by atoms with Crippen LogP contribution in [0.4, 0.5) is 5.69 Å². The molecule has 2 N–H and O–H groups in total. The van der Waals surface area contributed by atoms with Crippen LogP contribution in [0.15, 0.2) is 18.2 Å². The second-order valence-electron chi connectivity index (χ2n) is 7.09. The van der Waals surface area contributed by atoms with Gasteiger partial charge in [-0.3, -0.25) is 13.9 Å². The summed E-state index contributed by atoms with van der Waals surface area (Å²) >= 11 is 0. The van der Waals surface area contributed by atoms with Gasteiger partial charge in [-0.15, -0.1) is 0 Å². The van der Waals surface area contributed by atoms with Gasteiger partial charge in [0.25, 0.3) is 5.91 Å². The molecule has 0 bridgehead atoms. The van der Waals surface area contributed by atoms with Crippen molar-refractivity contribution in [1.82, 2.24) is 5.32 Å². The minimum Gasteiger partial charge on any atom is -0.481 e. The van der Waals surface area contributed by atoms with Crippen molar-refractivity contribution in [2.24, 2.45) is 5.92 Å². The van der Waals surface area contributed by atoms with Crippen LogP contribution in [0.25, 0.3) is 0 Å². The van der Waals surface area contributed by atoms with Crippen LogP contribution >= 0.6 is 0 Å². The molecule has 3 rings (SSSR count). The number of aliphatic carboxylic acids is 1. The van der Waals surface area contributed by atoms with E-state index in [1.807, 2.05) is 0 Å². The topological polar surface area (TPSA) is 104 Å². The van der Waals surface area contributed by atoms with Crippen LogP contribution in [-0.4, -0.2) is 44.2 Å². The van der Waals surface area contributed by atoms with E-state index >= 15 is 0 Å². The molecule has 1 aromatic carbocycles. The average Bonchev–Trinajstić information content (AvgIpc) is 2.86. The summed E-state index contributed by atoms with van der Waals surface area (Å²) in [7, 11) is -3.33. The predicted molar refractivity (Wildman–Crippen MR) is 97.8 cm³/mol. The lowest BCUT2D eigenvalue weighted by molar-refractivity contribution is -0.142. The first-order chi connectivity index (χ1) is 12.3. The van der Waals surface area contributed by atoms with Gasteiger partial charge in [-0.2, -0.15) is 0 Å². The number of carbonyl (C=O) groups excluding carboxylic acids is 1. The third kappa shape index (κ3) is 3.85. The van der Waals surface area contributed by atoms with Gasteiger partial charge in [-0.25, -0.2) is 8.42 Å². The zero-order chi connectivity index (χ0) is 18.9. The number of amides is 1. The molecule has 8 heteroatoms. The Hall–Kier alpha value is -2.09. The first-order valence-electron chi connectivity index (χ1n) is 8.91. The van der Waals surface area contributed by atoms with Crippen molar-refractivity contribution in [3.63, 3.8) is 0 Å². The van der Waals surface area contributed by atoms with Gasteiger partial charge in [0.1, 0.15) is 0 Å². The van der Waals surface area contributed by atoms with Crippen molar-refractivity contribution in [1.29, 1.82) is 0 Å². The van der Waals surface area contributed by atoms with Crippen LogP contribution in [0.2, 0.25) is 0 Å². The molecule has 0 unspecified atom stereocenters. The van der Waals surface area contributed by atoms with E-state index in [1.54, 1.807) is 18.2 Å². The quantitative estimate of drug-likeness (QED) is 0.775. The molecule has 1 aromatic rings. The molecule has 1 fully saturated rings. The summed E-state index contributed by atoms with van der Waals surface area (Å²) in [4.78, 5) is 24.1. The number of benzene rings is 1. The summed E-state index contributed by atoms with van der Waals surface area (Å²) in [6, 6.07) is 4.59. The van der Waals surface area contributed by atoms with E-state index in [9.17, 15) is 23.1 Å². The van der Waals surface area contributed by atoms with Gasteiger partial charge in [0, 0.05) is 18.2 Å². The molecule has 0 saturated heterocycles. The highest BCUT2D eigenvalue weighted by Gasteiger charge is 2.31. The van der Waals surface area contributed by atoms with Crippen LogP contribution in [0.5, 0.6) is 0 Å². The van der Waals surface area contributed by atoms with E-state index in [2.05, 4.69) is 5.32 Å². The highest BCUT2D eigenvalue weighted by atomic mass is 32.2. The summed E-state index contributed by atoms with van der Waals surface area (Å²) in [6.45, 7) is 0.378. The smallest absolute Gasteiger partial charge is 0.308 e. The van der Waals surface area contributed by atoms with Gasteiger partial charge < -0.3 is 10.4 Å². The Morgan fingerprint density at radius 2 is 1.92 bits per heavy atom. The summed E-state index contributed by atoms with van der Waals surface area (Å²) in [5.74, 6) is -1.73. The first kappa shape index (κ1) is 18.7.